The highest BCUT2D eigenvalue weighted by molar-refractivity contribution is 7.47. The molecular weight excluding hydrogens is 789 g/mol. The largest absolute Gasteiger partial charge is 0.472 e. The number of hydrogen-bond acceptors (Lipinski definition) is 11. The van der Waals surface area contributed by atoms with Crippen LogP contribution < -0.4 is 5.32 Å². The Labute approximate surface area is 363 Å². The fourth-order valence-corrected chi connectivity index (χ4v) is 8.55. The summed E-state index contributed by atoms with van der Waals surface area (Å²) in [6.07, 6.45) is 25.6. The Balaban J connectivity index is 2.52. The molecule has 60 heavy (non-hydrogen) atoms. The molecule has 13 nitrogen and oxygen atoms in total. The monoisotopic (exact) mass is 878 g/mol. The molecule has 0 aliphatic heterocycles. The minimum atomic E-state index is -5.14. The highest BCUT2D eigenvalue weighted by Gasteiger charge is 2.51. The van der Waals surface area contributed by atoms with E-state index in [0.29, 0.717) is 12.8 Å². The van der Waals surface area contributed by atoms with Crippen LogP contribution in [0.15, 0.2) is 24.3 Å². The molecule has 1 aliphatic rings. The summed E-state index contributed by atoms with van der Waals surface area (Å²) in [5.41, 5.74) is 0. The molecule has 0 bridgehead atoms. The van der Waals surface area contributed by atoms with E-state index in [4.69, 9.17) is 9.05 Å². The van der Waals surface area contributed by atoms with Crippen LogP contribution in [0.3, 0.4) is 0 Å². The quantitative estimate of drug-likeness (QED) is 0.0163. The van der Waals surface area contributed by atoms with Gasteiger partial charge in [0.2, 0.25) is 5.91 Å². The van der Waals surface area contributed by atoms with Gasteiger partial charge < -0.3 is 46.0 Å². The van der Waals surface area contributed by atoms with Crippen LogP contribution >= 0.6 is 7.82 Å². The van der Waals surface area contributed by atoms with Crippen molar-refractivity contribution in [2.45, 2.75) is 255 Å². The average Bonchev–Trinajstić information content (AvgIpc) is 3.22. The van der Waals surface area contributed by atoms with E-state index in [2.05, 4.69) is 31.3 Å². The number of carbonyl (C=O) groups excluding carboxylic acids is 1. The van der Waals surface area contributed by atoms with Gasteiger partial charge in [0.15, 0.2) is 0 Å². The van der Waals surface area contributed by atoms with E-state index in [1.54, 1.807) is 6.08 Å². The second-order valence-electron chi connectivity index (χ2n) is 17.1. The molecular formula is C46H88NO12P. The number of phosphoric acid groups is 1. The smallest absolute Gasteiger partial charge is 0.393 e. The van der Waals surface area contributed by atoms with Crippen LogP contribution in [-0.2, 0) is 18.4 Å². The van der Waals surface area contributed by atoms with Gasteiger partial charge in [0.25, 0.3) is 0 Å². The van der Waals surface area contributed by atoms with E-state index in [9.17, 15) is 50.0 Å². The summed E-state index contributed by atoms with van der Waals surface area (Å²) in [6, 6.07) is -1.24. The number of aliphatic hydroxyl groups excluding tert-OH is 7. The lowest BCUT2D eigenvalue weighted by Crippen LogP contribution is -2.64. The van der Waals surface area contributed by atoms with Crippen LogP contribution in [-0.4, -0.2) is 108 Å². The number of allylic oxidation sites excluding steroid dienone is 3. The molecule has 1 saturated carbocycles. The highest BCUT2D eigenvalue weighted by atomic mass is 31.2. The molecule has 0 aromatic carbocycles. The molecule has 1 rings (SSSR count). The molecule has 0 saturated heterocycles. The fraction of sp³-hybridized carbons (Fsp3) is 0.891. The summed E-state index contributed by atoms with van der Waals surface area (Å²) >= 11 is 0. The van der Waals surface area contributed by atoms with E-state index in [1.165, 1.54) is 122 Å². The van der Waals surface area contributed by atoms with Crippen molar-refractivity contribution in [3.63, 3.8) is 0 Å². The van der Waals surface area contributed by atoms with E-state index >= 15 is 0 Å². The predicted molar refractivity (Wildman–Crippen MR) is 238 cm³/mol. The van der Waals surface area contributed by atoms with Crippen molar-refractivity contribution in [2.24, 2.45) is 0 Å². The predicted octanol–water partition coefficient (Wildman–Crippen LogP) is 7.98. The van der Waals surface area contributed by atoms with Crippen LogP contribution in [0.1, 0.15) is 200 Å². The zero-order valence-corrected chi connectivity index (χ0v) is 38.3. The molecule has 1 aliphatic carbocycles. The second kappa shape index (κ2) is 36.2. The third kappa shape index (κ3) is 27.8. The lowest BCUT2D eigenvalue weighted by Gasteiger charge is -2.41. The topological polar surface area (TPSA) is 226 Å². The van der Waals surface area contributed by atoms with Crippen molar-refractivity contribution in [1.29, 1.82) is 0 Å². The van der Waals surface area contributed by atoms with Crippen LogP contribution in [0.4, 0.5) is 0 Å². The van der Waals surface area contributed by atoms with Crippen molar-refractivity contribution in [2.75, 3.05) is 6.61 Å². The first-order valence-corrected chi connectivity index (χ1v) is 25.4. The molecule has 0 heterocycles. The first kappa shape index (κ1) is 56.8. The zero-order chi connectivity index (χ0) is 44.4. The van der Waals surface area contributed by atoms with Gasteiger partial charge in [-0.05, 0) is 44.9 Å². The Morgan fingerprint density at radius 2 is 0.967 bits per heavy atom. The second-order valence-corrected chi connectivity index (χ2v) is 18.5. The maximum Gasteiger partial charge on any atom is 0.472 e. The van der Waals surface area contributed by atoms with E-state index < -0.39 is 75.2 Å². The normalized spacial score (nSPS) is 23.6. The molecule has 14 heteroatoms. The molecule has 1 fully saturated rings. The molecule has 1 amide bonds. The maximum atomic E-state index is 13.0. The molecule has 0 aromatic heterocycles. The summed E-state index contributed by atoms with van der Waals surface area (Å²) in [4.78, 5) is 23.4. The summed E-state index contributed by atoms with van der Waals surface area (Å²) in [7, 11) is -5.14. The first-order chi connectivity index (χ1) is 28.8. The fourth-order valence-electron chi connectivity index (χ4n) is 7.59. The Morgan fingerprint density at radius 1 is 0.583 bits per heavy atom. The standard InChI is InChI=1S/C46H88NO12P/c1-3-5-7-9-11-13-15-16-17-18-19-20-21-22-23-24-26-28-30-32-34-39(49)38(36-58-60(56,57)59-46-44(54)42(52)41(51)43(53)45(46)55)47-40(50)35-37(48)33-31-29-27-25-14-12-10-8-6-4-2/h12,14,32,34,37-39,41-46,48-49,51-55H,3-11,13,15-31,33,35-36H2,1-2H3,(H,47,50)(H,56,57)/b14-12-,34-32+. The summed E-state index contributed by atoms with van der Waals surface area (Å²) < 4.78 is 22.9. The van der Waals surface area contributed by atoms with Gasteiger partial charge in [-0.25, -0.2) is 4.57 Å². The number of amides is 1. The lowest BCUT2D eigenvalue weighted by atomic mass is 9.85. The third-order valence-corrected chi connectivity index (χ3v) is 12.5. The first-order valence-electron chi connectivity index (χ1n) is 23.9. The van der Waals surface area contributed by atoms with Gasteiger partial charge in [-0.2, -0.15) is 0 Å². The lowest BCUT2D eigenvalue weighted by molar-refractivity contribution is -0.220. The number of carbonyl (C=O) groups is 1. The SMILES string of the molecule is CCCCC/C=C\CCCCCC(O)CC(=O)NC(COP(=O)(O)OC1C(O)C(O)C(O)C(O)C1O)C(O)/C=C/CCCCCCCCCCCCCCCCCCCC. The van der Waals surface area contributed by atoms with Crippen LogP contribution in [0.2, 0.25) is 0 Å². The number of unbranched alkanes of at least 4 members (excludes halogenated alkanes) is 24. The van der Waals surface area contributed by atoms with E-state index in [0.717, 1.165) is 51.4 Å². The molecule has 9 N–H and O–H groups in total. The number of rotatable bonds is 39. The molecule has 8 unspecified atom stereocenters. The van der Waals surface area contributed by atoms with E-state index in [1.807, 2.05) is 0 Å². The van der Waals surface area contributed by atoms with Crippen molar-refractivity contribution >= 4 is 13.7 Å². The summed E-state index contributed by atoms with van der Waals surface area (Å²) in [5.74, 6) is -0.603. The summed E-state index contributed by atoms with van der Waals surface area (Å²) in [5, 5.41) is 74.4. The Bertz CT molecular complexity index is 1130. The van der Waals surface area contributed by atoms with Gasteiger partial charge in [0.05, 0.1) is 31.3 Å². The Morgan fingerprint density at radius 3 is 1.45 bits per heavy atom. The van der Waals surface area contributed by atoms with Crippen molar-refractivity contribution < 1.29 is 59.0 Å². The molecule has 0 spiro atoms. The Kier molecular flexibility index (Phi) is 34.2. The minimum Gasteiger partial charge on any atom is -0.393 e. The maximum absolute atomic E-state index is 13.0. The molecule has 0 radical (unpaired) electrons. The third-order valence-electron chi connectivity index (χ3n) is 11.5. The number of hydrogen-bond donors (Lipinski definition) is 9. The van der Waals surface area contributed by atoms with Gasteiger partial charge in [0, 0.05) is 0 Å². The number of phosphoric ester groups is 1. The van der Waals surface area contributed by atoms with Crippen molar-refractivity contribution in [3.05, 3.63) is 24.3 Å². The van der Waals surface area contributed by atoms with Crippen LogP contribution in [0.5, 0.6) is 0 Å². The zero-order valence-electron chi connectivity index (χ0n) is 37.4. The van der Waals surface area contributed by atoms with Gasteiger partial charge in [-0.1, -0.05) is 173 Å². The van der Waals surface area contributed by atoms with Crippen LogP contribution in [0.25, 0.3) is 0 Å². The summed E-state index contributed by atoms with van der Waals surface area (Å²) in [6.45, 7) is 3.70. The number of aliphatic hydroxyl groups is 7. The van der Waals surface area contributed by atoms with Crippen LogP contribution in [0, 0.1) is 0 Å². The Hall–Kier alpha value is -1.22. The van der Waals surface area contributed by atoms with Gasteiger partial charge in [-0.15, -0.1) is 0 Å². The van der Waals surface area contributed by atoms with Gasteiger partial charge in [-0.3, -0.25) is 13.8 Å². The van der Waals surface area contributed by atoms with E-state index in [-0.39, 0.29) is 6.42 Å². The van der Waals surface area contributed by atoms with Gasteiger partial charge in [0.1, 0.15) is 36.6 Å². The van der Waals surface area contributed by atoms with Crippen molar-refractivity contribution in [3.8, 4) is 0 Å². The molecule has 8 atom stereocenters. The molecule has 0 aromatic rings. The molecule has 354 valence electrons. The highest BCUT2D eigenvalue weighted by Crippen LogP contribution is 2.47. The van der Waals surface area contributed by atoms with Gasteiger partial charge >= 0.3 is 7.82 Å². The minimum absolute atomic E-state index is 0.255. The number of nitrogens with one attached hydrogen (secondary N) is 1. The average molecular weight is 878 g/mol. The van der Waals surface area contributed by atoms with Crippen molar-refractivity contribution in [1.82, 2.24) is 5.32 Å².